The number of benzene rings is 3. The number of methoxy groups -OCH3 is 1. The first-order valence-corrected chi connectivity index (χ1v) is 11.9. The average Bonchev–Trinajstić information content (AvgIpc) is 3.41. The van der Waals surface area contributed by atoms with E-state index in [0.717, 1.165) is 10.3 Å². The first kappa shape index (κ1) is 22.8. The topological polar surface area (TPSA) is 79.7 Å². The summed E-state index contributed by atoms with van der Waals surface area (Å²) < 4.78 is 6.15. The van der Waals surface area contributed by atoms with Crippen LogP contribution in [0, 0.1) is 0 Å². The highest BCUT2D eigenvalue weighted by molar-refractivity contribution is 7.22. The number of amides is 1. The molecule has 35 heavy (non-hydrogen) atoms. The van der Waals surface area contributed by atoms with Gasteiger partial charge in [-0.3, -0.25) is 14.5 Å². The molecule has 1 aromatic heterocycles. The Morgan fingerprint density at radius 2 is 1.91 bits per heavy atom. The van der Waals surface area contributed by atoms with Crippen molar-refractivity contribution in [2.75, 3.05) is 12.0 Å². The second kappa shape index (κ2) is 9.37. The van der Waals surface area contributed by atoms with Gasteiger partial charge in [-0.15, -0.1) is 0 Å². The third kappa shape index (κ3) is 4.32. The second-order valence-electron chi connectivity index (χ2n) is 7.83. The number of ether oxygens (including phenoxy) is 1. The van der Waals surface area contributed by atoms with E-state index in [0.29, 0.717) is 27.0 Å². The molecule has 0 bridgehead atoms. The maximum Gasteiger partial charge on any atom is 0.296 e. The van der Waals surface area contributed by atoms with Crippen LogP contribution in [0.2, 0.25) is 5.02 Å². The quantitative estimate of drug-likeness (QED) is 0.320. The van der Waals surface area contributed by atoms with E-state index in [1.807, 2.05) is 30.3 Å². The molecular weight excluding hydrogens is 484 g/mol. The number of allylic oxidation sites excluding steroid dienone is 1. The third-order valence-electron chi connectivity index (χ3n) is 5.66. The summed E-state index contributed by atoms with van der Waals surface area (Å²) in [6, 6.07) is 20.7. The first-order chi connectivity index (χ1) is 17.0. The molecule has 1 N–H and O–H groups in total. The van der Waals surface area contributed by atoms with Crippen LogP contribution in [0.25, 0.3) is 16.3 Å². The van der Waals surface area contributed by atoms with Crippen LogP contribution < -0.4 is 9.64 Å². The molecule has 0 saturated heterocycles. The number of aliphatic hydroxyl groups excluding tert-OH is 1. The number of fused-ring (bicyclic) bond motifs is 1. The average molecular weight is 503 g/mol. The van der Waals surface area contributed by atoms with Crippen molar-refractivity contribution in [3.63, 3.8) is 0 Å². The Morgan fingerprint density at radius 3 is 2.69 bits per heavy atom. The predicted molar refractivity (Wildman–Crippen MR) is 138 cm³/mol. The molecule has 4 aromatic rings. The summed E-state index contributed by atoms with van der Waals surface area (Å²) in [6.07, 6.45) is 3.01. The van der Waals surface area contributed by atoms with Gasteiger partial charge in [0, 0.05) is 5.02 Å². The van der Waals surface area contributed by atoms with Crippen molar-refractivity contribution in [2.24, 2.45) is 0 Å². The predicted octanol–water partition coefficient (Wildman–Crippen LogP) is 6.14. The van der Waals surface area contributed by atoms with Crippen LogP contribution in [0.15, 0.2) is 90.2 Å². The standard InChI is InChI=1S/C27H19ClN2O4S/c1-34-19-9-5-8-17(14-19)24-23(21(31)13-10-16-6-3-2-4-7-16)25(32)26(33)30(24)27-29-20-12-11-18(28)15-22(20)35-27/h2-15,24,32H,1H3. The smallest absolute Gasteiger partial charge is 0.296 e. The van der Waals surface area contributed by atoms with Crippen LogP contribution >= 0.6 is 22.9 Å². The molecular formula is C27H19ClN2O4S. The molecule has 1 atom stereocenters. The summed E-state index contributed by atoms with van der Waals surface area (Å²) in [4.78, 5) is 32.6. The van der Waals surface area contributed by atoms with Crippen LogP contribution in [-0.4, -0.2) is 28.9 Å². The van der Waals surface area contributed by atoms with Crippen molar-refractivity contribution in [3.05, 3.63) is 106 Å². The number of aromatic nitrogens is 1. The number of halogens is 1. The number of hydrogen-bond acceptors (Lipinski definition) is 6. The third-order valence-corrected chi connectivity index (χ3v) is 6.91. The highest BCUT2D eigenvalue weighted by Gasteiger charge is 2.45. The molecule has 1 aliphatic heterocycles. The molecule has 0 radical (unpaired) electrons. The number of rotatable bonds is 6. The number of thiazole rings is 1. The summed E-state index contributed by atoms with van der Waals surface area (Å²) in [5.41, 5.74) is 2.07. The maximum atomic E-state index is 13.4. The number of hydrogen-bond donors (Lipinski definition) is 1. The minimum absolute atomic E-state index is 0.0206. The number of nitrogens with zero attached hydrogens (tertiary/aromatic N) is 2. The molecule has 1 unspecified atom stereocenters. The molecule has 0 saturated carbocycles. The fourth-order valence-corrected chi connectivity index (χ4v) is 5.26. The van der Waals surface area contributed by atoms with Gasteiger partial charge in [0.05, 0.1) is 28.9 Å². The van der Waals surface area contributed by atoms with E-state index < -0.39 is 23.5 Å². The number of ketones is 1. The maximum absolute atomic E-state index is 13.4. The van der Waals surface area contributed by atoms with E-state index in [9.17, 15) is 14.7 Å². The highest BCUT2D eigenvalue weighted by Crippen LogP contribution is 2.44. The van der Waals surface area contributed by atoms with Crippen molar-refractivity contribution in [2.45, 2.75) is 6.04 Å². The summed E-state index contributed by atoms with van der Waals surface area (Å²) >= 11 is 7.39. The van der Waals surface area contributed by atoms with Gasteiger partial charge in [0.25, 0.3) is 5.91 Å². The molecule has 0 spiro atoms. The molecule has 8 heteroatoms. The molecule has 0 aliphatic carbocycles. The number of carbonyl (C=O) groups excluding carboxylic acids is 2. The van der Waals surface area contributed by atoms with Gasteiger partial charge in [-0.25, -0.2) is 4.98 Å². The number of carbonyl (C=O) groups is 2. The summed E-state index contributed by atoms with van der Waals surface area (Å²) in [7, 11) is 1.54. The van der Waals surface area contributed by atoms with Gasteiger partial charge in [0.2, 0.25) is 0 Å². The normalized spacial score (nSPS) is 16.0. The Balaban J connectivity index is 1.62. The Labute approximate surface area is 210 Å². The van der Waals surface area contributed by atoms with Crippen molar-refractivity contribution < 1.29 is 19.4 Å². The van der Waals surface area contributed by atoms with Crippen molar-refractivity contribution >= 4 is 56.1 Å². The lowest BCUT2D eigenvalue weighted by atomic mass is 9.95. The van der Waals surface area contributed by atoms with Crippen molar-refractivity contribution in [1.82, 2.24) is 4.98 Å². The highest BCUT2D eigenvalue weighted by atomic mass is 35.5. The molecule has 1 amide bonds. The molecule has 0 fully saturated rings. The summed E-state index contributed by atoms with van der Waals surface area (Å²) in [5.74, 6) is -1.21. The zero-order chi connectivity index (χ0) is 24.5. The monoisotopic (exact) mass is 502 g/mol. The van der Waals surface area contributed by atoms with Gasteiger partial charge in [-0.2, -0.15) is 0 Å². The van der Waals surface area contributed by atoms with E-state index in [1.165, 1.54) is 29.4 Å². The Hall–Kier alpha value is -3.94. The number of anilines is 1. The fourth-order valence-electron chi connectivity index (χ4n) is 4.00. The van der Waals surface area contributed by atoms with E-state index in [4.69, 9.17) is 16.3 Å². The van der Waals surface area contributed by atoms with Gasteiger partial charge in [-0.05, 0) is 47.5 Å². The van der Waals surface area contributed by atoms with Crippen molar-refractivity contribution in [1.29, 1.82) is 0 Å². The minimum atomic E-state index is -0.887. The largest absolute Gasteiger partial charge is 0.503 e. The lowest BCUT2D eigenvalue weighted by Gasteiger charge is -2.24. The number of aliphatic hydroxyl groups is 1. The zero-order valence-electron chi connectivity index (χ0n) is 18.5. The van der Waals surface area contributed by atoms with Gasteiger partial charge < -0.3 is 9.84 Å². The SMILES string of the molecule is COc1cccc(C2C(C(=O)C=Cc3ccccc3)=C(O)C(=O)N2c2nc3ccc(Cl)cc3s2)c1. The fraction of sp³-hybridized carbons (Fsp3) is 0.0741. The molecule has 174 valence electrons. The van der Waals surface area contributed by atoms with Crippen molar-refractivity contribution in [3.8, 4) is 5.75 Å². The van der Waals surface area contributed by atoms with E-state index in [2.05, 4.69) is 4.98 Å². The van der Waals surface area contributed by atoms with Gasteiger partial charge in [0.15, 0.2) is 16.7 Å². The van der Waals surface area contributed by atoms with Gasteiger partial charge >= 0.3 is 0 Å². The Kier molecular flexibility index (Phi) is 6.11. The van der Waals surface area contributed by atoms with E-state index in [-0.39, 0.29) is 5.57 Å². The summed E-state index contributed by atoms with van der Waals surface area (Å²) in [6.45, 7) is 0. The minimum Gasteiger partial charge on any atom is -0.503 e. The lowest BCUT2D eigenvalue weighted by molar-refractivity contribution is -0.117. The second-order valence-corrected chi connectivity index (χ2v) is 9.28. The van der Waals surface area contributed by atoms with Crippen LogP contribution in [0.3, 0.4) is 0 Å². The molecule has 1 aliphatic rings. The molecule has 2 heterocycles. The van der Waals surface area contributed by atoms with Gasteiger partial charge in [0.1, 0.15) is 5.75 Å². The Morgan fingerprint density at radius 1 is 1.11 bits per heavy atom. The first-order valence-electron chi connectivity index (χ1n) is 10.7. The molecule has 3 aromatic carbocycles. The van der Waals surface area contributed by atoms with E-state index in [1.54, 1.807) is 48.5 Å². The molecule has 6 nitrogen and oxygen atoms in total. The van der Waals surface area contributed by atoms with Crippen LogP contribution in [-0.2, 0) is 9.59 Å². The van der Waals surface area contributed by atoms with E-state index >= 15 is 0 Å². The van der Waals surface area contributed by atoms with Crippen LogP contribution in [0.5, 0.6) is 5.75 Å². The van der Waals surface area contributed by atoms with Gasteiger partial charge in [-0.1, -0.05) is 71.5 Å². The Bertz CT molecular complexity index is 1510. The summed E-state index contributed by atoms with van der Waals surface area (Å²) in [5, 5.41) is 11.8. The lowest BCUT2D eigenvalue weighted by Crippen LogP contribution is -2.30. The zero-order valence-corrected chi connectivity index (χ0v) is 20.1. The molecule has 5 rings (SSSR count). The van der Waals surface area contributed by atoms with Crippen LogP contribution in [0.4, 0.5) is 5.13 Å². The van der Waals surface area contributed by atoms with Crippen LogP contribution in [0.1, 0.15) is 17.2 Å².